The van der Waals surface area contributed by atoms with Gasteiger partial charge in [-0.15, -0.1) is 0 Å². The highest BCUT2D eigenvalue weighted by Crippen LogP contribution is 2.24. The second kappa shape index (κ2) is 10.3. The molecule has 0 saturated carbocycles. The van der Waals surface area contributed by atoms with Crippen LogP contribution < -0.4 is 10.1 Å². The fourth-order valence-corrected chi connectivity index (χ4v) is 4.26. The van der Waals surface area contributed by atoms with Gasteiger partial charge < -0.3 is 19.4 Å². The third kappa shape index (κ3) is 5.28. The smallest absolute Gasteiger partial charge is 0.253 e. The van der Waals surface area contributed by atoms with E-state index in [1.54, 1.807) is 25.6 Å². The minimum Gasteiger partial charge on any atom is -0.497 e. The molecule has 1 aliphatic rings. The number of piperidine rings is 1. The van der Waals surface area contributed by atoms with E-state index >= 15 is 0 Å². The molecule has 2 aromatic heterocycles. The first-order valence-electron chi connectivity index (χ1n) is 11.3. The molecule has 1 saturated heterocycles. The third-order valence-electron chi connectivity index (χ3n) is 6.21. The highest BCUT2D eigenvalue weighted by Gasteiger charge is 2.23. The lowest BCUT2D eigenvalue weighted by molar-refractivity contribution is 0.0685. The predicted molar refractivity (Wildman–Crippen MR) is 123 cm³/mol. The number of methoxy groups -OCH3 is 1. The Morgan fingerprint density at radius 2 is 1.81 bits per heavy atom. The Kier molecular flexibility index (Phi) is 7.04. The number of pyridine rings is 1. The van der Waals surface area contributed by atoms with Crippen molar-refractivity contribution in [3.05, 3.63) is 66.1 Å². The van der Waals surface area contributed by atoms with Gasteiger partial charge in [0.15, 0.2) is 0 Å². The van der Waals surface area contributed by atoms with Crippen LogP contribution in [-0.4, -0.2) is 52.8 Å². The van der Waals surface area contributed by atoms with Crippen LogP contribution >= 0.6 is 0 Å². The molecule has 0 spiro atoms. The lowest BCUT2D eigenvalue weighted by atomic mass is 9.91. The van der Waals surface area contributed by atoms with Crippen LogP contribution in [0.2, 0.25) is 0 Å². The Morgan fingerprint density at radius 1 is 1.06 bits per heavy atom. The van der Waals surface area contributed by atoms with E-state index in [2.05, 4.69) is 10.3 Å². The van der Waals surface area contributed by atoms with Crippen molar-refractivity contribution in [3.8, 4) is 5.75 Å². The summed E-state index contributed by atoms with van der Waals surface area (Å²) in [5, 5.41) is 3.01. The molecule has 32 heavy (non-hydrogen) atoms. The Morgan fingerprint density at radius 3 is 2.56 bits per heavy atom. The minimum atomic E-state index is -0.0500. The number of amides is 2. The fraction of sp³-hybridized carbons (Fsp3) is 0.400. The minimum absolute atomic E-state index is 0.0500. The summed E-state index contributed by atoms with van der Waals surface area (Å²) in [6.07, 6.45) is 10.6. The van der Waals surface area contributed by atoms with Gasteiger partial charge in [-0.3, -0.25) is 9.59 Å². The molecule has 0 bridgehead atoms. The summed E-state index contributed by atoms with van der Waals surface area (Å²) in [6, 6.07) is 11.0. The zero-order valence-electron chi connectivity index (χ0n) is 18.5. The number of rotatable bonds is 8. The molecule has 1 N–H and O–H groups in total. The Balaban J connectivity index is 1.13. The molecule has 0 aliphatic carbocycles. The molecule has 7 heteroatoms. The average Bonchev–Trinajstić information content (AvgIpc) is 3.32. The number of ether oxygens (including phenoxy) is 1. The summed E-state index contributed by atoms with van der Waals surface area (Å²) in [6.45, 7) is 2.29. The standard InChI is InChI=1S/C25H30N4O3/c1-32-22-8-5-20(6-9-22)25(31)28-15-11-19(12-16-28)4-2-3-13-27-24(30)21-7-10-23-26-14-17-29(23)18-21/h5-10,14,17-19H,2-4,11-13,15-16H2,1H3,(H,27,30). The number of nitrogens with one attached hydrogen (secondary N) is 1. The molecule has 1 aromatic carbocycles. The van der Waals surface area contributed by atoms with Crippen molar-refractivity contribution in [1.82, 2.24) is 19.6 Å². The number of carbonyl (C=O) groups is 2. The van der Waals surface area contributed by atoms with Gasteiger partial charge in [-0.1, -0.05) is 12.8 Å². The maximum absolute atomic E-state index is 12.7. The van der Waals surface area contributed by atoms with E-state index in [-0.39, 0.29) is 11.8 Å². The Labute approximate surface area is 188 Å². The largest absolute Gasteiger partial charge is 0.497 e. The molecule has 0 unspecified atom stereocenters. The molecule has 2 amide bonds. The maximum atomic E-state index is 12.7. The zero-order chi connectivity index (χ0) is 22.3. The molecule has 7 nitrogen and oxygen atoms in total. The topological polar surface area (TPSA) is 75.9 Å². The molecule has 1 fully saturated rings. The van der Waals surface area contributed by atoms with Gasteiger partial charge in [-0.05, 0) is 61.6 Å². The number of carbonyl (C=O) groups excluding carboxylic acids is 2. The summed E-state index contributed by atoms with van der Waals surface area (Å²) in [4.78, 5) is 31.2. The van der Waals surface area contributed by atoms with Crippen molar-refractivity contribution in [2.45, 2.75) is 32.1 Å². The number of imidazole rings is 1. The van der Waals surface area contributed by atoms with Crippen molar-refractivity contribution >= 4 is 17.5 Å². The first-order valence-corrected chi connectivity index (χ1v) is 11.3. The van der Waals surface area contributed by atoms with Crippen molar-refractivity contribution in [2.24, 2.45) is 5.92 Å². The second-order valence-electron chi connectivity index (χ2n) is 8.33. The predicted octanol–water partition coefficient (Wildman–Crippen LogP) is 3.80. The third-order valence-corrected chi connectivity index (χ3v) is 6.21. The summed E-state index contributed by atoms with van der Waals surface area (Å²) in [5.74, 6) is 1.46. The highest BCUT2D eigenvalue weighted by molar-refractivity contribution is 5.94. The van der Waals surface area contributed by atoms with Crippen LogP contribution in [0.3, 0.4) is 0 Å². The van der Waals surface area contributed by atoms with Crippen LogP contribution in [0.15, 0.2) is 55.0 Å². The molecule has 1 aliphatic heterocycles. The van der Waals surface area contributed by atoms with E-state index in [1.165, 1.54) is 0 Å². The van der Waals surface area contributed by atoms with Crippen LogP contribution in [0.5, 0.6) is 5.75 Å². The first-order chi connectivity index (χ1) is 15.6. The maximum Gasteiger partial charge on any atom is 0.253 e. The van der Waals surface area contributed by atoms with Gasteiger partial charge in [-0.25, -0.2) is 4.98 Å². The molecular weight excluding hydrogens is 404 g/mol. The van der Waals surface area contributed by atoms with E-state index in [9.17, 15) is 9.59 Å². The fourth-order valence-electron chi connectivity index (χ4n) is 4.26. The second-order valence-corrected chi connectivity index (χ2v) is 8.33. The highest BCUT2D eigenvalue weighted by atomic mass is 16.5. The van der Waals surface area contributed by atoms with Crippen molar-refractivity contribution in [3.63, 3.8) is 0 Å². The van der Waals surface area contributed by atoms with Gasteiger partial charge in [0.25, 0.3) is 11.8 Å². The van der Waals surface area contributed by atoms with Gasteiger partial charge in [0.1, 0.15) is 11.4 Å². The van der Waals surface area contributed by atoms with Crippen molar-refractivity contribution in [1.29, 1.82) is 0 Å². The van der Waals surface area contributed by atoms with Crippen LogP contribution in [0.25, 0.3) is 5.65 Å². The van der Waals surface area contributed by atoms with Gasteiger partial charge in [0.05, 0.1) is 12.7 Å². The molecule has 4 rings (SSSR count). The van der Waals surface area contributed by atoms with Gasteiger partial charge in [0, 0.05) is 43.8 Å². The Hall–Kier alpha value is -3.35. The first kappa shape index (κ1) is 21.9. The van der Waals surface area contributed by atoms with Crippen LogP contribution in [-0.2, 0) is 0 Å². The van der Waals surface area contributed by atoms with Crippen LogP contribution in [0, 0.1) is 5.92 Å². The summed E-state index contributed by atoms with van der Waals surface area (Å²) < 4.78 is 7.01. The quantitative estimate of drug-likeness (QED) is 0.547. The molecule has 0 radical (unpaired) electrons. The number of fused-ring (bicyclic) bond motifs is 1. The van der Waals surface area contributed by atoms with Gasteiger partial charge in [0.2, 0.25) is 0 Å². The number of benzene rings is 1. The number of hydrogen-bond donors (Lipinski definition) is 1. The van der Waals surface area contributed by atoms with Crippen LogP contribution in [0.1, 0.15) is 52.8 Å². The van der Waals surface area contributed by atoms with E-state index in [4.69, 9.17) is 4.74 Å². The molecular formula is C25H30N4O3. The molecule has 0 atom stereocenters. The molecule has 3 aromatic rings. The molecule has 3 heterocycles. The van der Waals surface area contributed by atoms with Gasteiger partial charge in [-0.2, -0.15) is 0 Å². The van der Waals surface area contributed by atoms with Gasteiger partial charge >= 0.3 is 0 Å². The average molecular weight is 435 g/mol. The number of nitrogens with zero attached hydrogens (tertiary/aromatic N) is 3. The van der Waals surface area contributed by atoms with E-state index < -0.39 is 0 Å². The number of hydrogen-bond acceptors (Lipinski definition) is 4. The number of likely N-dealkylation sites (tertiary alicyclic amines) is 1. The van der Waals surface area contributed by atoms with Crippen molar-refractivity contribution in [2.75, 3.05) is 26.7 Å². The zero-order valence-corrected chi connectivity index (χ0v) is 18.5. The summed E-state index contributed by atoms with van der Waals surface area (Å²) in [7, 11) is 1.62. The lowest BCUT2D eigenvalue weighted by Gasteiger charge is -2.32. The van der Waals surface area contributed by atoms with Crippen LogP contribution in [0.4, 0.5) is 0 Å². The normalized spacial score (nSPS) is 14.5. The number of unbranched alkanes of at least 4 members (excludes halogenated alkanes) is 1. The summed E-state index contributed by atoms with van der Waals surface area (Å²) >= 11 is 0. The van der Waals surface area contributed by atoms with Crippen molar-refractivity contribution < 1.29 is 14.3 Å². The number of aromatic nitrogens is 2. The van der Waals surface area contributed by atoms with E-state index in [0.29, 0.717) is 23.6 Å². The molecule has 168 valence electrons. The lowest BCUT2D eigenvalue weighted by Crippen LogP contribution is -2.38. The van der Waals surface area contributed by atoms with E-state index in [1.807, 2.05) is 45.8 Å². The Bertz CT molecular complexity index is 1050. The monoisotopic (exact) mass is 434 g/mol. The summed E-state index contributed by atoms with van der Waals surface area (Å²) in [5.41, 5.74) is 2.19. The SMILES string of the molecule is COc1ccc(C(=O)N2CCC(CCCCNC(=O)c3ccc4nccn4c3)CC2)cc1. The van der Waals surface area contributed by atoms with E-state index in [0.717, 1.165) is 56.6 Å².